The first-order valence-corrected chi connectivity index (χ1v) is 13.0. The van der Waals surface area contributed by atoms with Crippen molar-refractivity contribution in [2.75, 3.05) is 31.6 Å². The van der Waals surface area contributed by atoms with Gasteiger partial charge in [0, 0.05) is 31.9 Å². The number of hydrogen-bond acceptors (Lipinski definition) is 7. The summed E-state index contributed by atoms with van der Waals surface area (Å²) in [4.78, 5) is 21.9. The smallest absolute Gasteiger partial charge is 0.342 e. The van der Waals surface area contributed by atoms with Crippen molar-refractivity contribution in [3.05, 3.63) is 83.6 Å². The number of pyridine rings is 1. The van der Waals surface area contributed by atoms with E-state index in [4.69, 9.17) is 14.2 Å². The molecule has 0 amide bonds. The van der Waals surface area contributed by atoms with Crippen LogP contribution in [0.4, 0.5) is 5.82 Å². The van der Waals surface area contributed by atoms with Crippen molar-refractivity contribution in [1.82, 2.24) is 9.88 Å². The van der Waals surface area contributed by atoms with E-state index < -0.39 is 0 Å². The Morgan fingerprint density at radius 2 is 1.89 bits per heavy atom. The minimum absolute atomic E-state index is 0.173. The molecule has 4 rings (SSSR count). The highest BCUT2D eigenvalue weighted by atomic mass is 16.5. The Labute approximate surface area is 220 Å². The van der Waals surface area contributed by atoms with Crippen LogP contribution in [0.25, 0.3) is 0 Å². The molecular formula is C30H37N3O4. The second-order valence-electron chi connectivity index (χ2n) is 9.54. The Morgan fingerprint density at radius 3 is 2.62 bits per heavy atom. The fourth-order valence-electron chi connectivity index (χ4n) is 4.72. The molecule has 1 aliphatic heterocycles. The van der Waals surface area contributed by atoms with Crippen molar-refractivity contribution < 1.29 is 19.0 Å². The van der Waals surface area contributed by atoms with Crippen LogP contribution in [0.2, 0.25) is 0 Å². The Morgan fingerprint density at radius 1 is 1.08 bits per heavy atom. The summed E-state index contributed by atoms with van der Waals surface area (Å²) in [6, 6.07) is 20.2. The highest BCUT2D eigenvalue weighted by molar-refractivity contribution is 5.95. The van der Waals surface area contributed by atoms with Crippen molar-refractivity contribution in [3.8, 4) is 11.5 Å². The molecule has 1 aromatic heterocycles. The van der Waals surface area contributed by atoms with E-state index in [9.17, 15) is 4.79 Å². The third kappa shape index (κ3) is 6.80. The Kier molecular flexibility index (Phi) is 9.01. The number of methoxy groups -OCH3 is 1. The van der Waals surface area contributed by atoms with E-state index in [0.717, 1.165) is 49.7 Å². The molecule has 2 heterocycles. The van der Waals surface area contributed by atoms with Gasteiger partial charge in [0.25, 0.3) is 0 Å². The van der Waals surface area contributed by atoms with E-state index in [-0.39, 0.29) is 12.1 Å². The first-order chi connectivity index (χ1) is 18.0. The van der Waals surface area contributed by atoms with Crippen LogP contribution in [0.3, 0.4) is 0 Å². The number of anilines is 1. The van der Waals surface area contributed by atoms with E-state index in [2.05, 4.69) is 46.0 Å². The second kappa shape index (κ2) is 12.6. The summed E-state index contributed by atoms with van der Waals surface area (Å²) in [6.07, 6.45) is 2.56. The number of nitrogens with zero attached hydrogens (tertiary/aromatic N) is 3. The van der Waals surface area contributed by atoms with Gasteiger partial charge in [-0.05, 0) is 62.2 Å². The maximum atomic E-state index is 12.7. The number of ether oxygens (including phenoxy) is 3. The average molecular weight is 504 g/mol. The fourth-order valence-corrected chi connectivity index (χ4v) is 4.72. The lowest BCUT2D eigenvalue weighted by Gasteiger charge is -2.28. The molecule has 0 bridgehead atoms. The van der Waals surface area contributed by atoms with Gasteiger partial charge in [-0.25, -0.2) is 9.78 Å². The molecule has 0 saturated carbocycles. The summed E-state index contributed by atoms with van der Waals surface area (Å²) in [5.74, 6) is 1.85. The van der Waals surface area contributed by atoms with Gasteiger partial charge in [0.05, 0.1) is 13.2 Å². The van der Waals surface area contributed by atoms with E-state index in [1.807, 2.05) is 38.1 Å². The SMILES string of the molecule is CCN(Cc1ccc(OC)c(OCc2ccccc2)c1)[C@H]1CCN(c2ncccc2C(=O)OC(C)C)C1. The number of hydrogen-bond donors (Lipinski definition) is 0. The average Bonchev–Trinajstić information content (AvgIpc) is 3.41. The maximum Gasteiger partial charge on any atom is 0.342 e. The summed E-state index contributed by atoms with van der Waals surface area (Å²) in [5.41, 5.74) is 2.81. The summed E-state index contributed by atoms with van der Waals surface area (Å²) in [6.45, 7) is 9.74. The van der Waals surface area contributed by atoms with Gasteiger partial charge in [0.1, 0.15) is 18.0 Å². The minimum Gasteiger partial charge on any atom is -0.493 e. The molecule has 0 spiro atoms. The van der Waals surface area contributed by atoms with E-state index in [0.29, 0.717) is 24.0 Å². The van der Waals surface area contributed by atoms with Gasteiger partial charge in [0.2, 0.25) is 0 Å². The fraction of sp³-hybridized carbons (Fsp3) is 0.400. The number of rotatable bonds is 11. The number of carbonyl (C=O) groups excluding carboxylic acids is 1. The summed E-state index contributed by atoms with van der Waals surface area (Å²) >= 11 is 0. The van der Waals surface area contributed by atoms with E-state index in [1.165, 1.54) is 5.56 Å². The van der Waals surface area contributed by atoms with Crippen molar-refractivity contribution in [3.63, 3.8) is 0 Å². The molecule has 0 N–H and O–H groups in total. The van der Waals surface area contributed by atoms with Gasteiger partial charge in [-0.1, -0.05) is 43.3 Å². The van der Waals surface area contributed by atoms with Crippen molar-refractivity contribution >= 4 is 11.8 Å². The summed E-state index contributed by atoms with van der Waals surface area (Å²) in [7, 11) is 1.67. The Balaban J connectivity index is 1.44. The zero-order valence-corrected chi connectivity index (χ0v) is 22.2. The zero-order chi connectivity index (χ0) is 26.2. The van der Waals surface area contributed by atoms with Gasteiger partial charge >= 0.3 is 5.97 Å². The molecule has 7 nitrogen and oxygen atoms in total. The first kappa shape index (κ1) is 26.5. The molecule has 2 aromatic carbocycles. The van der Waals surface area contributed by atoms with Crippen LogP contribution < -0.4 is 14.4 Å². The van der Waals surface area contributed by atoms with Crippen LogP contribution in [-0.2, 0) is 17.9 Å². The van der Waals surface area contributed by atoms with E-state index >= 15 is 0 Å². The molecular weight excluding hydrogens is 466 g/mol. The predicted molar refractivity (Wildman–Crippen MR) is 145 cm³/mol. The quantitative estimate of drug-likeness (QED) is 0.328. The third-order valence-corrected chi connectivity index (χ3v) is 6.59. The predicted octanol–water partition coefficient (Wildman–Crippen LogP) is 5.34. The van der Waals surface area contributed by atoms with Crippen LogP contribution in [-0.4, -0.2) is 54.7 Å². The molecule has 1 atom stereocenters. The topological polar surface area (TPSA) is 64.1 Å². The third-order valence-electron chi connectivity index (χ3n) is 6.59. The van der Waals surface area contributed by atoms with Crippen LogP contribution >= 0.6 is 0 Å². The van der Waals surface area contributed by atoms with Gasteiger partial charge < -0.3 is 19.1 Å². The molecule has 1 aliphatic rings. The number of esters is 1. The van der Waals surface area contributed by atoms with Crippen LogP contribution in [0, 0.1) is 0 Å². The molecule has 0 unspecified atom stereocenters. The first-order valence-electron chi connectivity index (χ1n) is 13.0. The van der Waals surface area contributed by atoms with Crippen molar-refractivity contribution in [2.45, 2.75) is 52.5 Å². The number of benzene rings is 2. The van der Waals surface area contributed by atoms with Gasteiger partial charge in [0.15, 0.2) is 11.5 Å². The molecule has 1 fully saturated rings. The molecule has 1 saturated heterocycles. The normalized spacial score (nSPS) is 15.3. The lowest BCUT2D eigenvalue weighted by atomic mass is 10.1. The number of aromatic nitrogens is 1. The molecule has 196 valence electrons. The highest BCUT2D eigenvalue weighted by Gasteiger charge is 2.30. The van der Waals surface area contributed by atoms with E-state index in [1.54, 1.807) is 25.4 Å². The molecule has 37 heavy (non-hydrogen) atoms. The Hall–Kier alpha value is -3.58. The van der Waals surface area contributed by atoms with Gasteiger partial charge in [-0.2, -0.15) is 0 Å². The number of carbonyl (C=O) groups is 1. The standard InChI is InChI=1S/C30H37N3O4/c1-5-32(19-24-13-14-27(35-4)28(18-24)36-21-23-10-7-6-8-11-23)25-15-17-33(20-25)29-26(12-9-16-31-29)30(34)37-22(2)3/h6-14,16,18,22,25H,5,15,17,19-21H2,1-4H3/t25-/m0/s1. The summed E-state index contributed by atoms with van der Waals surface area (Å²) < 4.78 is 17.1. The van der Waals surface area contributed by atoms with Crippen LogP contribution in [0.1, 0.15) is 48.7 Å². The van der Waals surface area contributed by atoms with Crippen LogP contribution in [0.15, 0.2) is 66.9 Å². The molecule has 0 aliphatic carbocycles. The maximum absolute atomic E-state index is 12.7. The van der Waals surface area contributed by atoms with Crippen molar-refractivity contribution in [2.24, 2.45) is 0 Å². The largest absolute Gasteiger partial charge is 0.493 e. The molecule has 0 radical (unpaired) electrons. The molecule has 3 aromatic rings. The van der Waals surface area contributed by atoms with Crippen LogP contribution in [0.5, 0.6) is 11.5 Å². The zero-order valence-electron chi connectivity index (χ0n) is 22.2. The monoisotopic (exact) mass is 503 g/mol. The van der Waals surface area contributed by atoms with Gasteiger partial charge in [-0.3, -0.25) is 4.90 Å². The highest BCUT2D eigenvalue weighted by Crippen LogP contribution is 2.31. The second-order valence-corrected chi connectivity index (χ2v) is 9.54. The van der Waals surface area contributed by atoms with Crippen molar-refractivity contribution in [1.29, 1.82) is 0 Å². The number of likely N-dealkylation sites (N-methyl/N-ethyl adjacent to an activating group) is 1. The Bertz CT molecular complexity index is 1170. The van der Waals surface area contributed by atoms with Gasteiger partial charge in [-0.15, -0.1) is 0 Å². The minimum atomic E-state index is -0.324. The summed E-state index contributed by atoms with van der Waals surface area (Å²) in [5, 5.41) is 0. The lowest BCUT2D eigenvalue weighted by Crippen LogP contribution is -2.37. The molecule has 7 heteroatoms. The lowest BCUT2D eigenvalue weighted by molar-refractivity contribution is 0.0378.